The molecule has 0 saturated carbocycles. The molecule has 3 aliphatic rings. The fraction of sp³-hybridized carbons (Fsp3) is 0.724. The van der Waals surface area contributed by atoms with Crippen molar-refractivity contribution in [3.63, 3.8) is 0 Å². The lowest BCUT2D eigenvalue weighted by molar-refractivity contribution is -0.147. The van der Waals surface area contributed by atoms with Gasteiger partial charge in [0.1, 0.15) is 77.8 Å². The minimum absolute atomic E-state index is 0.0423. The fourth-order valence-electron chi connectivity index (χ4n) is 13.4. The van der Waals surface area contributed by atoms with Gasteiger partial charge in [-0.15, -0.1) is 0 Å². The van der Waals surface area contributed by atoms with Gasteiger partial charge in [-0.2, -0.15) is 0 Å². The van der Waals surface area contributed by atoms with Gasteiger partial charge in [0.15, 0.2) is 0 Å². The van der Waals surface area contributed by atoms with E-state index in [9.17, 15) is 113 Å². The van der Waals surface area contributed by atoms with Crippen LogP contribution in [0, 0.1) is 5.92 Å². The van der Waals surface area contributed by atoms with Crippen LogP contribution in [0.15, 0.2) is 24.3 Å². The van der Waals surface area contributed by atoms with Gasteiger partial charge < -0.3 is 125 Å². The van der Waals surface area contributed by atoms with Gasteiger partial charge in [0.05, 0.1) is 55.7 Å². The molecule has 115 heavy (non-hydrogen) atoms. The Bertz CT molecular complexity index is 3450. The van der Waals surface area contributed by atoms with E-state index >= 15 is 0 Å². The average molecular weight is 1630 g/mol. The smallest absolute Gasteiger partial charge is 0.407 e. The van der Waals surface area contributed by atoms with Crippen molar-refractivity contribution in [3.05, 3.63) is 29.8 Å². The van der Waals surface area contributed by atoms with Gasteiger partial charge in [0, 0.05) is 44.9 Å². The molecule has 39 heteroatoms. The predicted molar refractivity (Wildman–Crippen MR) is 413 cm³/mol. The Morgan fingerprint density at radius 1 is 0.548 bits per heavy atom. The first-order valence-corrected chi connectivity index (χ1v) is 39.6. The molecule has 15 amide bonds. The Morgan fingerprint density at radius 2 is 1.04 bits per heavy atom. The van der Waals surface area contributed by atoms with Crippen LogP contribution in [0.1, 0.15) is 197 Å². The molecule has 1 aromatic rings. The largest absolute Gasteiger partial charge is 0.508 e. The predicted octanol–water partition coefficient (Wildman–Crippen LogP) is -4.33. The first-order chi connectivity index (χ1) is 53.9. The Hall–Kier alpha value is -9.41. The van der Waals surface area contributed by atoms with Gasteiger partial charge in [0.25, 0.3) is 0 Å². The van der Waals surface area contributed by atoms with Crippen LogP contribution in [0.4, 0.5) is 4.79 Å². The van der Waals surface area contributed by atoms with Crippen molar-refractivity contribution in [2.75, 3.05) is 26.2 Å². The van der Waals surface area contributed by atoms with Gasteiger partial charge in [0.2, 0.25) is 82.7 Å². The summed E-state index contributed by atoms with van der Waals surface area (Å²) in [5.74, 6) is -17.1. The zero-order valence-electron chi connectivity index (χ0n) is 67.7. The summed E-state index contributed by atoms with van der Waals surface area (Å²) in [6.45, 7) is 13.4. The maximum absolute atomic E-state index is 14.8. The molecule has 39 nitrogen and oxygen atoms in total. The van der Waals surface area contributed by atoms with Gasteiger partial charge >= 0.3 is 6.09 Å². The van der Waals surface area contributed by atoms with Crippen LogP contribution in [0.5, 0.6) is 5.75 Å². The number of aliphatic hydroxyl groups excluding tert-OH is 7. The molecule has 648 valence electrons. The number of carbonyl (C=O) groups is 15. The second-order valence-corrected chi connectivity index (χ2v) is 31.5. The summed E-state index contributed by atoms with van der Waals surface area (Å²) in [5, 5.41) is 117. The average Bonchev–Trinajstić information content (AvgIpc) is 1.16. The van der Waals surface area contributed by atoms with Crippen molar-refractivity contribution in [1.82, 2.24) is 73.6 Å². The van der Waals surface area contributed by atoms with E-state index in [1.165, 1.54) is 52.0 Å². The van der Waals surface area contributed by atoms with Crippen LogP contribution < -0.4 is 69.5 Å². The lowest BCUT2D eigenvalue weighted by Crippen LogP contribution is -2.64. The van der Waals surface area contributed by atoms with E-state index in [0.29, 0.717) is 23.3 Å². The van der Waals surface area contributed by atoms with Crippen LogP contribution in [0.25, 0.3) is 0 Å². The number of carbonyl (C=O) groups excluding carboxylic acids is 15. The zero-order valence-corrected chi connectivity index (χ0v) is 67.7. The van der Waals surface area contributed by atoms with Crippen molar-refractivity contribution < 1.29 is 118 Å². The number of amides is 15. The molecule has 0 unspecified atom stereocenters. The molecule has 0 aromatic heterocycles. The van der Waals surface area contributed by atoms with E-state index in [0.717, 1.165) is 83.5 Å². The molecule has 3 heterocycles. The number of hydrogen-bond acceptors (Lipinski definition) is 24. The number of nitrogens with zero attached hydrogens (tertiary/aromatic N) is 2. The molecular formula is C76H125N15O24. The van der Waals surface area contributed by atoms with E-state index < -0.39 is 254 Å². The molecule has 19 atom stereocenters. The number of benzene rings is 1. The van der Waals surface area contributed by atoms with Crippen molar-refractivity contribution >= 4 is 88.8 Å². The minimum atomic E-state index is -2.24. The molecule has 0 bridgehead atoms. The SMILES string of the molecule is CCCCCCCCCCCCC[C@@H]1CC(=O)N[C@H]([C@@H](C)O)C(=O)N[C@H](C)C(=O)N[C@@H](Cc2ccc(O)cc2)C(=O)N[C@@H](C(C)C)C(=O)N2C[C@H](O)C[C@H]2C(=O)N[C@H]([C@@H](C)O)C(=O)N[C@@H]([C@@H](C)O)C(=O)N2CC[C@H](O)[C@H]2C(=O)N[C@@H]([C@H](O)CC(N)=O)C(=O)NCC(=O)N[C@H]([C@@H](C)O)C(=O)N[C@@H](CCCNC(=O)OC(C)(C)C)C(=O)N1. The summed E-state index contributed by atoms with van der Waals surface area (Å²) < 4.78 is 5.34. The van der Waals surface area contributed by atoms with E-state index in [1.807, 2.05) is 0 Å². The highest BCUT2D eigenvalue weighted by Gasteiger charge is 2.48. The molecular weight excluding hydrogens is 1510 g/mol. The standard InChI is InChI=1S/C76H125N15O24/c1-12-13-14-15-16-17-18-19-20-21-22-24-46-34-55(101)84-58(41(5)92)69(108)80-40(4)64(103)83-50(33-45-26-28-47(96)29-27-45)66(105)86-57(39(2)3)73(112)91-38-48(97)35-51(91)67(106)87-60(43(7)94)71(110)88-61(44(8)95)74(113)90-32-30-52(98)63(90)72(111)89-62(53(99)36-54(77)100)68(107)79-37-56(102)85-59(42(6)93)70(109)82-49(65(104)81-46)25-23-31-78-75(114)115-76(9,10)11/h26-29,39-44,46,48-53,57-63,92-99H,12-25,30-38H2,1-11H3,(H2,77,100)(H,78,114)(H,79,107)(H,80,108)(H,81,104)(H,82,109)(H,83,103)(H,84,101)(H,85,102)(H,86,105)(H,87,106)(H,88,110)(H,89,111)/t40-,41-,42-,43-,44-,46-,48-,49+,50+,51+,52+,53-,57+,58-,59-,60-,61+,62+,63+/m1/s1. The first kappa shape index (κ1) is 98.0. The summed E-state index contributed by atoms with van der Waals surface area (Å²) >= 11 is 0. The number of aromatic hydroxyl groups is 1. The fourth-order valence-corrected chi connectivity index (χ4v) is 13.4. The number of alkyl carbamates (subject to hydrolysis) is 1. The third-order valence-electron chi connectivity index (χ3n) is 19.7. The molecule has 1 aromatic carbocycles. The highest BCUT2D eigenvalue weighted by Crippen LogP contribution is 2.25. The van der Waals surface area contributed by atoms with Gasteiger partial charge in [-0.05, 0) is 105 Å². The number of phenolic OH excluding ortho intramolecular Hbond substituents is 1. The number of aliphatic hydroxyl groups is 7. The van der Waals surface area contributed by atoms with Crippen molar-refractivity contribution in [1.29, 1.82) is 0 Å². The van der Waals surface area contributed by atoms with Crippen LogP contribution in [0.2, 0.25) is 0 Å². The highest BCUT2D eigenvalue weighted by atomic mass is 16.6. The molecule has 0 aliphatic carbocycles. The third-order valence-corrected chi connectivity index (χ3v) is 19.7. The Morgan fingerprint density at radius 3 is 1.60 bits per heavy atom. The number of primary amides is 1. The van der Waals surface area contributed by atoms with Crippen LogP contribution in [0.3, 0.4) is 0 Å². The number of nitrogens with one attached hydrogen (secondary N) is 12. The minimum Gasteiger partial charge on any atom is -0.508 e. The van der Waals surface area contributed by atoms with E-state index in [2.05, 4.69) is 70.7 Å². The van der Waals surface area contributed by atoms with E-state index in [1.54, 1.807) is 20.8 Å². The normalized spacial score (nSPS) is 27.2. The lowest BCUT2D eigenvalue weighted by Gasteiger charge is -2.34. The zero-order chi connectivity index (χ0) is 86.3. The molecule has 3 aliphatic heterocycles. The second-order valence-electron chi connectivity index (χ2n) is 31.5. The number of phenols is 1. The molecule has 0 spiro atoms. The maximum Gasteiger partial charge on any atom is 0.407 e. The Kier molecular flexibility index (Phi) is 40.5. The van der Waals surface area contributed by atoms with Gasteiger partial charge in [-0.3, -0.25) is 67.1 Å². The summed E-state index contributed by atoms with van der Waals surface area (Å²) in [7, 11) is 0. The maximum atomic E-state index is 14.8. The Balaban J connectivity index is 1.84. The summed E-state index contributed by atoms with van der Waals surface area (Å²) in [5.41, 5.74) is 4.81. The first-order valence-electron chi connectivity index (χ1n) is 39.6. The molecule has 4 rings (SSSR count). The number of nitrogens with two attached hydrogens (primary N) is 1. The number of ether oxygens (including phenoxy) is 1. The monoisotopic (exact) mass is 1630 g/mol. The lowest BCUT2D eigenvalue weighted by atomic mass is 9.99. The highest BCUT2D eigenvalue weighted by molar-refractivity contribution is 6.00. The molecule has 3 fully saturated rings. The number of unbranched alkanes of at least 4 members (excludes halogenated alkanes) is 10. The second kappa shape index (κ2) is 47.6. The number of rotatable bonds is 26. The van der Waals surface area contributed by atoms with Crippen LogP contribution >= 0.6 is 0 Å². The quantitative estimate of drug-likeness (QED) is 0.0390. The summed E-state index contributed by atoms with van der Waals surface area (Å²) in [4.78, 5) is 213. The molecule has 0 radical (unpaired) electrons. The van der Waals surface area contributed by atoms with Crippen molar-refractivity contribution in [2.24, 2.45) is 11.7 Å². The number of hydrogen-bond donors (Lipinski definition) is 21. The topological polar surface area (TPSA) is 604 Å². The van der Waals surface area contributed by atoms with Gasteiger partial charge in [-0.25, -0.2) is 4.79 Å². The van der Waals surface area contributed by atoms with Crippen molar-refractivity contribution in [3.8, 4) is 5.75 Å². The van der Waals surface area contributed by atoms with E-state index in [4.69, 9.17) is 10.5 Å². The van der Waals surface area contributed by atoms with Gasteiger partial charge in [-0.1, -0.05) is 104 Å². The van der Waals surface area contributed by atoms with E-state index in [-0.39, 0.29) is 44.4 Å². The van der Waals surface area contributed by atoms with Crippen molar-refractivity contribution in [2.45, 2.75) is 319 Å². The molecule has 22 N–H and O–H groups in total. The van der Waals surface area contributed by atoms with Crippen LogP contribution in [-0.2, 0) is 78.3 Å². The Labute approximate surface area is 669 Å². The third kappa shape index (κ3) is 32.7. The summed E-state index contributed by atoms with van der Waals surface area (Å²) in [6.07, 6.45) is -5.84. The summed E-state index contributed by atoms with van der Waals surface area (Å²) in [6, 6.07) is -15.6. The number of fused-ring (bicyclic) bond motifs is 2. The van der Waals surface area contributed by atoms with Crippen LogP contribution in [-0.4, -0.2) is 286 Å². The molecule has 3 saturated heterocycles.